The number of aromatic nitrogens is 2. The van der Waals surface area contributed by atoms with Crippen molar-refractivity contribution in [1.29, 1.82) is 0 Å². The van der Waals surface area contributed by atoms with Crippen LogP contribution in [0.3, 0.4) is 0 Å². The molecule has 1 fully saturated rings. The van der Waals surface area contributed by atoms with Gasteiger partial charge in [-0.25, -0.2) is 9.97 Å². The van der Waals surface area contributed by atoms with E-state index in [0.717, 1.165) is 25.2 Å². The number of likely N-dealkylation sites (tertiary alicyclic amines) is 1. The number of benzene rings is 1. The van der Waals surface area contributed by atoms with Crippen molar-refractivity contribution in [1.82, 2.24) is 14.9 Å². The van der Waals surface area contributed by atoms with Crippen molar-refractivity contribution < 1.29 is 4.79 Å². The van der Waals surface area contributed by atoms with Crippen LogP contribution in [0.2, 0.25) is 0 Å². The molecule has 1 atom stereocenters. The van der Waals surface area contributed by atoms with Crippen molar-refractivity contribution >= 4 is 17.5 Å². The molecule has 1 aromatic heterocycles. The number of amides is 1. The Kier molecular flexibility index (Phi) is 4.55. The molecule has 23 heavy (non-hydrogen) atoms. The van der Waals surface area contributed by atoms with E-state index in [2.05, 4.69) is 22.2 Å². The molecule has 0 spiro atoms. The fraction of sp³-hybridized carbons (Fsp3) is 0.389. The first kappa shape index (κ1) is 15.5. The minimum atomic E-state index is 0.0263. The Morgan fingerprint density at radius 3 is 2.57 bits per heavy atom. The van der Waals surface area contributed by atoms with E-state index in [1.54, 1.807) is 12.4 Å². The van der Waals surface area contributed by atoms with Gasteiger partial charge in [0.25, 0.3) is 5.91 Å². The van der Waals surface area contributed by atoms with Gasteiger partial charge in [-0.05, 0) is 37.8 Å². The highest BCUT2D eigenvalue weighted by molar-refractivity contribution is 5.93. The summed E-state index contributed by atoms with van der Waals surface area (Å²) in [6.07, 6.45) is 5.47. The minimum absolute atomic E-state index is 0.0263. The topological polar surface area (TPSA) is 58.1 Å². The summed E-state index contributed by atoms with van der Waals surface area (Å²) in [5.74, 6) is 1.09. The quantitative estimate of drug-likeness (QED) is 0.944. The summed E-state index contributed by atoms with van der Waals surface area (Å²) in [6.45, 7) is 5.88. The van der Waals surface area contributed by atoms with Gasteiger partial charge in [-0.1, -0.05) is 24.6 Å². The van der Waals surface area contributed by atoms with E-state index in [1.165, 1.54) is 12.0 Å². The summed E-state index contributed by atoms with van der Waals surface area (Å²) in [5.41, 5.74) is 2.68. The number of aryl methyl sites for hydroxylation is 1. The second kappa shape index (κ2) is 6.77. The van der Waals surface area contributed by atoms with Crippen molar-refractivity contribution in [2.45, 2.75) is 26.7 Å². The van der Waals surface area contributed by atoms with Crippen LogP contribution in [-0.2, 0) is 0 Å². The van der Waals surface area contributed by atoms with Gasteiger partial charge in [-0.2, -0.15) is 0 Å². The number of nitrogens with one attached hydrogen (secondary N) is 1. The first-order valence-corrected chi connectivity index (χ1v) is 8.07. The Labute approximate surface area is 136 Å². The Bertz CT molecular complexity index is 666. The normalized spacial score (nSPS) is 17.8. The molecular formula is C18H22N4O. The molecule has 1 aliphatic rings. The van der Waals surface area contributed by atoms with Crippen molar-refractivity contribution in [3.05, 3.63) is 47.8 Å². The molecule has 0 radical (unpaired) electrons. The average Bonchev–Trinajstić information content (AvgIpc) is 2.57. The van der Waals surface area contributed by atoms with Gasteiger partial charge in [0.1, 0.15) is 0 Å². The molecule has 1 N–H and O–H groups in total. The SMILES string of the molecule is Cc1ccc(Nc2ncc(C(=O)N3CCCC(C)C3)cn2)cc1. The van der Waals surface area contributed by atoms with Gasteiger partial charge in [0.15, 0.2) is 0 Å². The highest BCUT2D eigenvalue weighted by atomic mass is 16.2. The molecule has 2 heterocycles. The van der Waals surface area contributed by atoms with E-state index < -0.39 is 0 Å². The van der Waals surface area contributed by atoms with E-state index >= 15 is 0 Å². The Morgan fingerprint density at radius 1 is 1.22 bits per heavy atom. The Balaban J connectivity index is 1.66. The third-order valence-electron chi connectivity index (χ3n) is 4.15. The van der Waals surface area contributed by atoms with E-state index in [1.807, 2.05) is 36.1 Å². The predicted molar refractivity (Wildman–Crippen MR) is 90.8 cm³/mol. The number of hydrogen-bond donors (Lipinski definition) is 1. The van der Waals surface area contributed by atoms with Crippen LogP contribution in [0.1, 0.15) is 35.7 Å². The van der Waals surface area contributed by atoms with E-state index in [0.29, 0.717) is 17.4 Å². The lowest BCUT2D eigenvalue weighted by atomic mass is 10.00. The van der Waals surface area contributed by atoms with Crippen LogP contribution in [0.4, 0.5) is 11.6 Å². The molecule has 2 aromatic rings. The van der Waals surface area contributed by atoms with E-state index in [9.17, 15) is 4.79 Å². The Hall–Kier alpha value is -2.43. The molecule has 5 nitrogen and oxygen atoms in total. The second-order valence-corrected chi connectivity index (χ2v) is 6.28. The maximum Gasteiger partial charge on any atom is 0.257 e. The number of carbonyl (C=O) groups excluding carboxylic acids is 1. The summed E-state index contributed by atoms with van der Waals surface area (Å²) >= 11 is 0. The number of nitrogens with zero attached hydrogens (tertiary/aromatic N) is 3. The van der Waals surface area contributed by atoms with Crippen LogP contribution >= 0.6 is 0 Å². The van der Waals surface area contributed by atoms with Crippen LogP contribution in [0, 0.1) is 12.8 Å². The van der Waals surface area contributed by atoms with Gasteiger partial charge in [-0.3, -0.25) is 4.79 Å². The minimum Gasteiger partial charge on any atom is -0.338 e. The zero-order chi connectivity index (χ0) is 16.2. The van der Waals surface area contributed by atoms with E-state index in [4.69, 9.17) is 0 Å². The molecule has 0 aliphatic carbocycles. The molecule has 120 valence electrons. The number of hydrogen-bond acceptors (Lipinski definition) is 4. The molecule has 0 saturated carbocycles. The average molecular weight is 310 g/mol. The number of anilines is 2. The first-order chi connectivity index (χ1) is 11.1. The van der Waals surface area contributed by atoms with Crippen LogP contribution in [-0.4, -0.2) is 33.9 Å². The summed E-state index contributed by atoms with van der Waals surface area (Å²) < 4.78 is 0. The fourth-order valence-electron chi connectivity index (χ4n) is 2.83. The number of rotatable bonds is 3. The van der Waals surface area contributed by atoms with Gasteiger partial charge >= 0.3 is 0 Å². The van der Waals surface area contributed by atoms with Gasteiger partial charge in [-0.15, -0.1) is 0 Å². The number of piperidine rings is 1. The van der Waals surface area contributed by atoms with Gasteiger partial charge in [0.05, 0.1) is 5.56 Å². The molecule has 3 rings (SSSR count). The molecular weight excluding hydrogens is 288 g/mol. The van der Waals surface area contributed by atoms with Crippen LogP contribution in [0.15, 0.2) is 36.7 Å². The lowest BCUT2D eigenvalue weighted by Gasteiger charge is -2.30. The van der Waals surface area contributed by atoms with E-state index in [-0.39, 0.29) is 5.91 Å². The van der Waals surface area contributed by atoms with Gasteiger partial charge in [0, 0.05) is 31.2 Å². The highest BCUT2D eigenvalue weighted by Crippen LogP contribution is 2.18. The lowest BCUT2D eigenvalue weighted by Crippen LogP contribution is -2.39. The molecule has 1 aliphatic heterocycles. The van der Waals surface area contributed by atoms with Gasteiger partial charge < -0.3 is 10.2 Å². The van der Waals surface area contributed by atoms with Crippen LogP contribution < -0.4 is 5.32 Å². The molecule has 0 bridgehead atoms. The largest absolute Gasteiger partial charge is 0.338 e. The summed E-state index contributed by atoms with van der Waals surface area (Å²) in [5, 5.41) is 3.14. The smallest absolute Gasteiger partial charge is 0.257 e. The first-order valence-electron chi connectivity index (χ1n) is 8.07. The standard InChI is InChI=1S/C18H22N4O/c1-13-5-7-16(8-6-13)21-18-19-10-15(11-20-18)17(23)22-9-3-4-14(2)12-22/h5-8,10-11,14H,3-4,9,12H2,1-2H3,(H,19,20,21). The second-order valence-electron chi connectivity index (χ2n) is 6.28. The predicted octanol–water partition coefficient (Wildman–Crippen LogP) is 3.40. The molecule has 1 unspecified atom stereocenters. The van der Waals surface area contributed by atoms with Crippen LogP contribution in [0.5, 0.6) is 0 Å². The third kappa shape index (κ3) is 3.86. The third-order valence-corrected chi connectivity index (χ3v) is 4.15. The van der Waals surface area contributed by atoms with Crippen molar-refractivity contribution in [3.8, 4) is 0 Å². The number of carbonyl (C=O) groups is 1. The Morgan fingerprint density at radius 2 is 1.91 bits per heavy atom. The van der Waals surface area contributed by atoms with Crippen molar-refractivity contribution in [3.63, 3.8) is 0 Å². The fourth-order valence-corrected chi connectivity index (χ4v) is 2.83. The lowest BCUT2D eigenvalue weighted by molar-refractivity contribution is 0.0682. The maximum absolute atomic E-state index is 12.5. The van der Waals surface area contributed by atoms with Crippen molar-refractivity contribution in [2.24, 2.45) is 5.92 Å². The molecule has 1 saturated heterocycles. The van der Waals surface area contributed by atoms with Gasteiger partial charge in [0.2, 0.25) is 5.95 Å². The summed E-state index contributed by atoms with van der Waals surface area (Å²) in [6, 6.07) is 8.01. The summed E-state index contributed by atoms with van der Waals surface area (Å²) in [7, 11) is 0. The maximum atomic E-state index is 12.5. The summed E-state index contributed by atoms with van der Waals surface area (Å²) in [4.78, 5) is 22.9. The van der Waals surface area contributed by atoms with Crippen molar-refractivity contribution in [2.75, 3.05) is 18.4 Å². The monoisotopic (exact) mass is 310 g/mol. The molecule has 1 aromatic carbocycles. The van der Waals surface area contributed by atoms with Crippen LogP contribution in [0.25, 0.3) is 0 Å². The molecule has 5 heteroatoms. The highest BCUT2D eigenvalue weighted by Gasteiger charge is 2.22. The zero-order valence-corrected chi connectivity index (χ0v) is 13.6. The zero-order valence-electron chi connectivity index (χ0n) is 13.6. The molecule has 1 amide bonds.